The lowest BCUT2D eigenvalue weighted by Gasteiger charge is -2.35. The predicted octanol–water partition coefficient (Wildman–Crippen LogP) is 4.70. The van der Waals surface area contributed by atoms with Crippen molar-refractivity contribution in [3.8, 4) is 0 Å². The summed E-state index contributed by atoms with van der Waals surface area (Å²) in [5, 5.41) is 4.27. The van der Waals surface area contributed by atoms with Gasteiger partial charge in [0.1, 0.15) is 0 Å². The lowest BCUT2D eigenvalue weighted by atomic mass is 9.95. The molecule has 1 saturated heterocycles. The summed E-state index contributed by atoms with van der Waals surface area (Å²) in [6.45, 7) is 0.196. The standard InChI is InChI=1S/C24H27Cl2F3N4O3S/c1-32(23(34)14-7-9-33(10-8-14)37(2,35)36)22(24(27,28)29)20-6-4-16(13-30-20)31-17-11-15-3-5-19(25)21(26)18(15)12-17/h3-6,13-14,17,22,31H,7-12H2,1-2H3. The Balaban J connectivity index is 1.44. The van der Waals surface area contributed by atoms with Crippen molar-refractivity contribution in [1.29, 1.82) is 0 Å². The normalized spacial score (nSPS) is 19.9. The number of sulfonamides is 1. The largest absolute Gasteiger partial charge is 0.414 e. The van der Waals surface area contributed by atoms with Crippen LogP contribution in [0.4, 0.5) is 18.9 Å². The SMILES string of the molecule is CN(C(=O)C1CCN(S(C)(=O)=O)CC1)C(c1ccc(NC2Cc3ccc(Cl)c(Cl)c3C2)cn1)C(F)(F)F. The molecule has 0 bridgehead atoms. The highest BCUT2D eigenvalue weighted by Gasteiger charge is 2.47. The molecular formula is C24H27Cl2F3N4O3S. The fraction of sp³-hybridized carbons (Fsp3) is 0.500. The first-order valence-electron chi connectivity index (χ1n) is 11.7. The van der Waals surface area contributed by atoms with Crippen molar-refractivity contribution in [3.05, 3.63) is 57.3 Å². The van der Waals surface area contributed by atoms with Crippen LogP contribution < -0.4 is 5.32 Å². The van der Waals surface area contributed by atoms with Crippen LogP contribution in [0.15, 0.2) is 30.5 Å². The number of nitrogens with one attached hydrogen (secondary N) is 1. The molecule has 1 N–H and O–H groups in total. The summed E-state index contributed by atoms with van der Waals surface area (Å²) in [6, 6.07) is 4.20. The molecule has 2 unspecified atom stereocenters. The van der Waals surface area contributed by atoms with Crippen molar-refractivity contribution in [2.45, 2.75) is 43.9 Å². The molecular weight excluding hydrogens is 552 g/mol. The summed E-state index contributed by atoms with van der Waals surface area (Å²) in [6.07, 6.45) is -0.712. The third-order valence-electron chi connectivity index (χ3n) is 6.96. The molecule has 1 aliphatic carbocycles. The monoisotopic (exact) mass is 578 g/mol. The number of anilines is 1. The molecule has 37 heavy (non-hydrogen) atoms. The van der Waals surface area contributed by atoms with E-state index in [1.165, 1.54) is 22.6 Å². The number of hydrogen-bond acceptors (Lipinski definition) is 5. The second-order valence-electron chi connectivity index (χ2n) is 9.55. The summed E-state index contributed by atoms with van der Waals surface area (Å²) >= 11 is 12.4. The van der Waals surface area contributed by atoms with Crippen molar-refractivity contribution >= 4 is 44.8 Å². The molecule has 4 rings (SSSR count). The van der Waals surface area contributed by atoms with Gasteiger partial charge in [0, 0.05) is 32.1 Å². The average molecular weight is 579 g/mol. The number of carbonyl (C=O) groups excluding carboxylic acids is 1. The first-order valence-corrected chi connectivity index (χ1v) is 14.3. The van der Waals surface area contributed by atoms with Gasteiger partial charge in [-0.3, -0.25) is 9.78 Å². The highest BCUT2D eigenvalue weighted by atomic mass is 35.5. The van der Waals surface area contributed by atoms with Gasteiger partial charge in [-0.05, 0) is 55.0 Å². The van der Waals surface area contributed by atoms with E-state index in [2.05, 4.69) is 10.3 Å². The Morgan fingerprint density at radius 2 is 1.84 bits per heavy atom. The Kier molecular flexibility index (Phi) is 8.00. The van der Waals surface area contributed by atoms with Crippen molar-refractivity contribution in [2.75, 3.05) is 31.7 Å². The highest BCUT2D eigenvalue weighted by Crippen LogP contribution is 2.39. The summed E-state index contributed by atoms with van der Waals surface area (Å²) in [7, 11) is -2.30. The van der Waals surface area contributed by atoms with Gasteiger partial charge >= 0.3 is 6.18 Å². The van der Waals surface area contributed by atoms with Crippen molar-refractivity contribution in [2.24, 2.45) is 5.92 Å². The van der Waals surface area contributed by atoms with E-state index >= 15 is 0 Å². The maximum absolute atomic E-state index is 14.1. The van der Waals surface area contributed by atoms with Gasteiger partial charge in [0.25, 0.3) is 0 Å². The molecule has 2 heterocycles. The van der Waals surface area contributed by atoms with Crippen LogP contribution in [-0.2, 0) is 27.7 Å². The van der Waals surface area contributed by atoms with Crippen LogP contribution >= 0.6 is 23.2 Å². The van der Waals surface area contributed by atoms with Gasteiger partial charge in [-0.15, -0.1) is 0 Å². The summed E-state index contributed by atoms with van der Waals surface area (Å²) < 4.78 is 66.9. The number of aromatic nitrogens is 1. The third-order valence-corrected chi connectivity index (χ3v) is 9.11. The molecule has 2 aromatic rings. The number of amides is 1. The van der Waals surface area contributed by atoms with Gasteiger partial charge < -0.3 is 10.2 Å². The zero-order valence-electron chi connectivity index (χ0n) is 20.2. The number of alkyl halides is 3. The van der Waals surface area contributed by atoms with Crippen LogP contribution in [0.5, 0.6) is 0 Å². The van der Waals surface area contributed by atoms with E-state index in [4.69, 9.17) is 23.2 Å². The quantitative estimate of drug-likeness (QED) is 0.537. The number of halogens is 5. The fourth-order valence-corrected chi connectivity index (χ4v) is 6.37. The van der Waals surface area contributed by atoms with Crippen molar-refractivity contribution < 1.29 is 26.4 Å². The van der Waals surface area contributed by atoms with Crippen LogP contribution in [0.25, 0.3) is 0 Å². The molecule has 1 aromatic heterocycles. The summed E-state index contributed by atoms with van der Waals surface area (Å²) in [5.74, 6) is -1.38. The molecule has 1 fully saturated rings. The molecule has 202 valence electrons. The van der Waals surface area contributed by atoms with Gasteiger partial charge in [0.2, 0.25) is 15.9 Å². The Morgan fingerprint density at radius 3 is 2.41 bits per heavy atom. The number of carbonyl (C=O) groups is 1. The Morgan fingerprint density at radius 1 is 1.16 bits per heavy atom. The first-order chi connectivity index (χ1) is 17.3. The molecule has 0 radical (unpaired) electrons. The molecule has 0 saturated carbocycles. The van der Waals surface area contributed by atoms with Crippen LogP contribution in [0, 0.1) is 5.92 Å². The van der Waals surface area contributed by atoms with Crippen LogP contribution in [0.1, 0.15) is 35.7 Å². The van der Waals surface area contributed by atoms with Gasteiger partial charge in [0.05, 0.1) is 33.9 Å². The minimum Gasteiger partial charge on any atom is -0.380 e. The van der Waals surface area contributed by atoms with E-state index in [9.17, 15) is 26.4 Å². The summed E-state index contributed by atoms with van der Waals surface area (Å²) in [5.41, 5.74) is 2.27. The van der Waals surface area contributed by atoms with E-state index in [0.29, 0.717) is 33.5 Å². The summed E-state index contributed by atoms with van der Waals surface area (Å²) in [4.78, 5) is 17.7. The maximum atomic E-state index is 14.1. The van der Waals surface area contributed by atoms with Crippen LogP contribution in [-0.4, -0.2) is 67.1 Å². The van der Waals surface area contributed by atoms with Crippen molar-refractivity contribution in [1.82, 2.24) is 14.2 Å². The number of fused-ring (bicyclic) bond motifs is 1. The number of nitrogens with zero attached hydrogens (tertiary/aromatic N) is 3. The second-order valence-corrected chi connectivity index (χ2v) is 12.3. The van der Waals surface area contributed by atoms with Gasteiger partial charge in [-0.1, -0.05) is 29.3 Å². The fourth-order valence-electron chi connectivity index (χ4n) is 5.05. The first kappa shape index (κ1) is 27.9. The van der Waals surface area contributed by atoms with E-state index in [-0.39, 0.29) is 37.7 Å². The van der Waals surface area contributed by atoms with Gasteiger partial charge in [-0.25, -0.2) is 12.7 Å². The van der Waals surface area contributed by atoms with E-state index < -0.39 is 34.1 Å². The molecule has 2 atom stereocenters. The van der Waals surface area contributed by atoms with Crippen LogP contribution in [0.2, 0.25) is 10.0 Å². The average Bonchev–Trinajstić information content (AvgIpc) is 3.24. The molecule has 2 aliphatic rings. The van der Waals surface area contributed by atoms with Gasteiger partial charge in [0.15, 0.2) is 6.04 Å². The smallest absolute Gasteiger partial charge is 0.380 e. The van der Waals surface area contributed by atoms with E-state index in [1.807, 2.05) is 6.07 Å². The molecule has 13 heteroatoms. The molecule has 1 aromatic carbocycles. The van der Waals surface area contributed by atoms with Gasteiger partial charge in [-0.2, -0.15) is 13.2 Å². The lowest BCUT2D eigenvalue weighted by Crippen LogP contribution is -2.46. The minimum absolute atomic E-state index is 0.0147. The second kappa shape index (κ2) is 10.6. The number of benzene rings is 1. The Hall–Kier alpha value is -2.08. The third kappa shape index (κ3) is 6.16. The number of piperidine rings is 1. The molecule has 1 aliphatic heterocycles. The number of hydrogen-bond donors (Lipinski definition) is 1. The predicted molar refractivity (Wildman–Crippen MR) is 136 cm³/mol. The van der Waals surface area contributed by atoms with Crippen LogP contribution in [0.3, 0.4) is 0 Å². The Bertz CT molecular complexity index is 1270. The zero-order valence-corrected chi connectivity index (χ0v) is 22.6. The molecule has 1 amide bonds. The highest BCUT2D eigenvalue weighted by molar-refractivity contribution is 7.88. The molecule has 7 nitrogen and oxygen atoms in total. The maximum Gasteiger partial charge on any atom is 0.414 e. The molecule has 0 spiro atoms. The number of pyridine rings is 1. The van der Waals surface area contributed by atoms with E-state index in [0.717, 1.165) is 24.4 Å². The minimum atomic E-state index is -4.75. The Labute approximate surface area is 224 Å². The lowest BCUT2D eigenvalue weighted by molar-refractivity contribution is -0.191. The number of rotatable bonds is 6. The van der Waals surface area contributed by atoms with E-state index in [1.54, 1.807) is 6.07 Å². The topological polar surface area (TPSA) is 82.6 Å². The zero-order chi connectivity index (χ0) is 27.1. The van der Waals surface area contributed by atoms with Crippen molar-refractivity contribution in [3.63, 3.8) is 0 Å².